The van der Waals surface area contributed by atoms with Crippen molar-refractivity contribution in [1.82, 2.24) is 4.98 Å². The van der Waals surface area contributed by atoms with Crippen LogP contribution in [0.4, 0.5) is 0 Å². The number of pyridine rings is 1. The Hall–Kier alpha value is -3.33. The SMILES string of the molecule is Cc1cc(C2=NCc3cc4c(cc32)C=C(C(=O)Cc2ccccc2)C4)cc(C)n1. The Balaban J connectivity index is 1.44. The molecule has 0 spiro atoms. The van der Waals surface area contributed by atoms with E-state index in [0.717, 1.165) is 45.8 Å². The number of carbonyl (C=O) groups excluding carboxylic acids is 1. The fourth-order valence-electron chi connectivity index (χ4n) is 4.34. The van der Waals surface area contributed by atoms with Gasteiger partial charge >= 0.3 is 0 Å². The average molecular weight is 378 g/mol. The van der Waals surface area contributed by atoms with Crippen LogP contribution in [0, 0.1) is 13.8 Å². The number of Topliss-reactive ketones (excluding diaryl/α,β-unsaturated/α-hetero) is 1. The third-order valence-electron chi connectivity index (χ3n) is 5.66. The van der Waals surface area contributed by atoms with Crippen molar-refractivity contribution in [2.75, 3.05) is 0 Å². The average Bonchev–Trinajstić information content (AvgIpc) is 3.29. The van der Waals surface area contributed by atoms with Gasteiger partial charge in [-0.2, -0.15) is 0 Å². The predicted octanol–water partition coefficient (Wildman–Crippen LogP) is 4.80. The van der Waals surface area contributed by atoms with E-state index in [1.807, 2.05) is 44.2 Å². The molecule has 3 heteroatoms. The maximum atomic E-state index is 12.8. The third-order valence-corrected chi connectivity index (χ3v) is 5.66. The maximum Gasteiger partial charge on any atom is 0.163 e. The first-order valence-corrected chi connectivity index (χ1v) is 10.0. The molecule has 3 nitrogen and oxygen atoms in total. The van der Waals surface area contributed by atoms with Crippen molar-refractivity contribution in [3.8, 4) is 0 Å². The van der Waals surface area contributed by atoms with E-state index in [1.165, 1.54) is 16.7 Å². The number of hydrogen-bond acceptors (Lipinski definition) is 3. The van der Waals surface area contributed by atoms with E-state index in [-0.39, 0.29) is 5.78 Å². The van der Waals surface area contributed by atoms with Crippen LogP contribution in [0.15, 0.2) is 65.2 Å². The van der Waals surface area contributed by atoms with Gasteiger partial charge in [0.15, 0.2) is 5.78 Å². The number of fused-ring (bicyclic) bond motifs is 2. The monoisotopic (exact) mass is 378 g/mol. The van der Waals surface area contributed by atoms with Gasteiger partial charge in [-0.25, -0.2) is 0 Å². The van der Waals surface area contributed by atoms with E-state index in [9.17, 15) is 4.79 Å². The number of aromatic nitrogens is 1. The van der Waals surface area contributed by atoms with Gasteiger partial charge in [-0.15, -0.1) is 0 Å². The summed E-state index contributed by atoms with van der Waals surface area (Å²) < 4.78 is 0. The summed E-state index contributed by atoms with van der Waals surface area (Å²) in [6, 6.07) is 18.6. The zero-order valence-corrected chi connectivity index (χ0v) is 16.7. The lowest BCUT2D eigenvalue weighted by atomic mass is 9.95. The number of ketones is 1. The van der Waals surface area contributed by atoms with Gasteiger partial charge in [-0.1, -0.05) is 36.4 Å². The molecule has 1 aliphatic carbocycles. The lowest BCUT2D eigenvalue weighted by Gasteiger charge is -2.09. The molecule has 0 atom stereocenters. The molecule has 1 aliphatic heterocycles. The molecule has 0 radical (unpaired) electrons. The highest BCUT2D eigenvalue weighted by Crippen LogP contribution is 2.33. The van der Waals surface area contributed by atoms with Crippen LogP contribution in [-0.2, 0) is 24.2 Å². The number of allylic oxidation sites excluding steroid dienone is 1. The van der Waals surface area contributed by atoms with Gasteiger partial charge in [0.25, 0.3) is 0 Å². The minimum Gasteiger partial charge on any atom is -0.294 e. The molecule has 0 unspecified atom stereocenters. The highest BCUT2D eigenvalue weighted by atomic mass is 16.1. The largest absolute Gasteiger partial charge is 0.294 e. The molecule has 0 bridgehead atoms. The van der Waals surface area contributed by atoms with Crippen LogP contribution in [0.25, 0.3) is 6.08 Å². The van der Waals surface area contributed by atoms with Gasteiger partial charge in [0.2, 0.25) is 0 Å². The quantitative estimate of drug-likeness (QED) is 0.654. The summed E-state index contributed by atoms with van der Waals surface area (Å²) in [5.74, 6) is 0.210. The van der Waals surface area contributed by atoms with Crippen LogP contribution in [0.3, 0.4) is 0 Å². The molecule has 2 aliphatic rings. The first-order chi connectivity index (χ1) is 14.1. The summed E-state index contributed by atoms with van der Waals surface area (Å²) in [4.78, 5) is 22.1. The van der Waals surface area contributed by atoms with Gasteiger partial charge < -0.3 is 0 Å². The first-order valence-electron chi connectivity index (χ1n) is 10.0. The van der Waals surface area contributed by atoms with Crippen LogP contribution < -0.4 is 0 Å². The van der Waals surface area contributed by atoms with Crippen molar-refractivity contribution in [2.45, 2.75) is 33.2 Å². The minimum atomic E-state index is 0.210. The van der Waals surface area contributed by atoms with E-state index in [4.69, 9.17) is 4.99 Å². The van der Waals surface area contributed by atoms with Crippen molar-refractivity contribution in [3.63, 3.8) is 0 Å². The number of rotatable bonds is 4. The summed E-state index contributed by atoms with van der Waals surface area (Å²) in [5.41, 5.74) is 11.0. The first kappa shape index (κ1) is 17.7. The Labute approximate surface area is 170 Å². The second-order valence-corrected chi connectivity index (χ2v) is 7.94. The Morgan fingerprint density at radius 1 is 0.966 bits per heavy atom. The predicted molar refractivity (Wildman–Crippen MR) is 116 cm³/mol. The Morgan fingerprint density at radius 3 is 2.48 bits per heavy atom. The zero-order chi connectivity index (χ0) is 20.0. The Bertz CT molecular complexity index is 1180. The second-order valence-electron chi connectivity index (χ2n) is 7.94. The van der Waals surface area contributed by atoms with E-state index < -0.39 is 0 Å². The van der Waals surface area contributed by atoms with Crippen molar-refractivity contribution >= 4 is 17.6 Å². The number of carbonyl (C=O) groups is 1. The van der Waals surface area contributed by atoms with E-state index in [1.54, 1.807) is 0 Å². The van der Waals surface area contributed by atoms with Crippen molar-refractivity contribution < 1.29 is 4.79 Å². The van der Waals surface area contributed by atoms with E-state index in [2.05, 4.69) is 35.3 Å². The van der Waals surface area contributed by atoms with Gasteiger partial charge in [-0.05, 0) is 60.4 Å². The smallest absolute Gasteiger partial charge is 0.163 e. The molecule has 0 saturated carbocycles. The van der Waals surface area contributed by atoms with E-state index in [0.29, 0.717) is 13.0 Å². The summed E-state index contributed by atoms with van der Waals surface area (Å²) in [5, 5.41) is 0. The molecular formula is C26H22N2O. The third kappa shape index (κ3) is 3.33. The van der Waals surface area contributed by atoms with Gasteiger partial charge in [0.05, 0.1) is 12.3 Å². The number of hydrogen-bond donors (Lipinski definition) is 0. The molecule has 5 rings (SSSR count). The zero-order valence-electron chi connectivity index (χ0n) is 16.7. The highest BCUT2D eigenvalue weighted by molar-refractivity contribution is 6.16. The minimum absolute atomic E-state index is 0.210. The number of aryl methyl sites for hydroxylation is 2. The summed E-state index contributed by atoms with van der Waals surface area (Å²) in [7, 11) is 0. The van der Waals surface area contributed by atoms with Crippen molar-refractivity contribution in [1.29, 1.82) is 0 Å². The number of aliphatic imine (C=N–C) groups is 1. The lowest BCUT2D eigenvalue weighted by molar-refractivity contribution is -0.114. The van der Waals surface area contributed by atoms with Gasteiger partial charge in [-0.3, -0.25) is 14.8 Å². The fourth-order valence-corrected chi connectivity index (χ4v) is 4.34. The lowest BCUT2D eigenvalue weighted by Crippen LogP contribution is -2.06. The molecule has 0 amide bonds. The normalized spacial score (nSPS) is 14.3. The van der Waals surface area contributed by atoms with Crippen LogP contribution in [0.5, 0.6) is 0 Å². The fraction of sp³-hybridized carbons (Fsp3) is 0.192. The molecule has 0 saturated heterocycles. The molecule has 0 fully saturated rings. The summed E-state index contributed by atoms with van der Waals surface area (Å²) in [6.07, 6.45) is 3.25. The molecule has 3 aromatic rings. The second kappa shape index (κ2) is 6.93. The molecule has 0 N–H and O–H groups in total. The molecule has 142 valence electrons. The highest BCUT2D eigenvalue weighted by Gasteiger charge is 2.24. The molecule has 1 aromatic heterocycles. The topological polar surface area (TPSA) is 42.3 Å². The standard InChI is InChI=1S/C26H22N2O/c1-16-8-22(9-17(2)28-16)26-24-14-20-12-21(11-19(20)13-23(24)15-27-26)25(29)10-18-6-4-3-5-7-18/h3-9,12-14H,10-11,15H2,1-2H3. The summed E-state index contributed by atoms with van der Waals surface area (Å²) in [6.45, 7) is 4.73. The molecular weight excluding hydrogens is 356 g/mol. The molecule has 2 heterocycles. The van der Waals surface area contributed by atoms with Crippen molar-refractivity contribution in [3.05, 3.63) is 105 Å². The van der Waals surface area contributed by atoms with Crippen LogP contribution in [-0.4, -0.2) is 16.5 Å². The Morgan fingerprint density at radius 2 is 1.72 bits per heavy atom. The van der Waals surface area contributed by atoms with E-state index >= 15 is 0 Å². The van der Waals surface area contributed by atoms with Gasteiger partial charge in [0.1, 0.15) is 0 Å². The van der Waals surface area contributed by atoms with Crippen LogP contribution in [0.1, 0.15) is 44.8 Å². The summed E-state index contributed by atoms with van der Waals surface area (Å²) >= 11 is 0. The number of nitrogens with zero attached hydrogens (tertiary/aromatic N) is 2. The molecule has 2 aromatic carbocycles. The van der Waals surface area contributed by atoms with Crippen molar-refractivity contribution in [2.24, 2.45) is 4.99 Å². The molecule has 29 heavy (non-hydrogen) atoms. The number of benzene rings is 2. The maximum absolute atomic E-state index is 12.8. The van der Waals surface area contributed by atoms with Crippen LogP contribution in [0.2, 0.25) is 0 Å². The van der Waals surface area contributed by atoms with Crippen LogP contribution >= 0.6 is 0 Å². The Kier molecular flexibility index (Phi) is 4.24. The van der Waals surface area contributed by atoms with Gasteiger partial charge in [0, 0.05) is 40.9 Å².